The number of halogens is 1. The Bertz CT molecular complexity index is 1440. The van der Waals surface area contributed by atoms with Crippen LogP contribution in [0.4, 0.5) is 10.1 Å². The third-order valence-corrected chi connectivity index (χ3v) is 9.13. The van der Waals surface area contributed by atoms with Crippen LogP contribution in [0.15, 0.2) is 77.7 Å². The first-order valence-corrected chi connectivity index (χ1v) is 15.0. The molecule has 0 heterocycles. The number of carbonyl (C=O) groups is 2. The summed E-state index contributed by atoms with van der Waals surface area (Å²) in [6.45, 7) is 4.83. The molecule has 40 heavy (non-hydrogen) atoms. The minimum atomic E-state index is -4.32. The molecule has 3 aromatic carbocycles. The molecule has 1 aliphatic carbocycles. The van der Waals surface area contributed by atoms with Crippen molar-refractivity contribution >= 4 is 27.5 Å². The number of benzene rings is 3. The van der Waals surface area contributed by atoms with Crippen molar-refractivity contribution in [2.75, 3.05) is 10.8 Å². The van der Waals surface area contributed by atoms with Crippen molar-refractivity contribution in [1.82, 2.24) is 10.2 Å². The number of sulfonamides is 1. The largest absolute Gasteiger partial charge is 0.352 e. The average Bonchev–Trinajstić information content (AvgIpc) is 3.44. The lowest BCUT2D eigenvalue weighted by Crippen LogP contribution is -2.52. The number of nitrogens with one attached hydrogen (secondary N) is 1. The Morgan fingerprint density at radius 1 is 0.925 bits per heavy atom. The number of nitrogens with zero attached hydrogens (tertiary/aromatic N) is 2. The molecule has 0 unspecified atom stereocenters. The second-order valence-corrected chi connectivity index (χ2v) is 12.3. The predicted molar refractivity (Wildman–Crippen MR) is 154 cm³/mol. The first-order valence-electron chi connectivity index (χ1n) is 13.6. The summed E-state index contributed by atoms with van der Waals surface area (Å²) in [6.07, 6.45) is 3.86. The lowest BCUT2D eigenvalue weighted by Gasteiger charge is -2.32. The lowest BCUT2D eigenvalue weighted by atomic mass is 10.1. The summed E-state index contributed by atoms with van der Waals surface area (Å²) in [5.74, 6) is -1.69. The number of hydrogen-bond acceptors (Lipinski definition) is 4. The minimum Gasteiger partial charge on any atom is -0.352 e. The van der Waals surface area contributed by atoms with E-state index in [-0.39, 0.29) is 29.1 Å². The molecule has 212 valence electrons. The van der Waals surface area contributed by atoms with Crippen LogP contribution in [0, 0.1) is 19.7 Å². The second-order valence-electron chi connectivity index (χ2n) is 10.4. The maximum Gasteiger partial charge on any atom is 0.264 e. The zero-order valence-electron chi connectivity index (χ0n) is 23.1. The Morgan fingerprint density at radius 2 is 1.50 bits per heavy atom. The molecule has 0 radical (unpaired) electrons. The molecule has 1 fully saturated rings. The van der Waals surface area contributed by atoms with Gasteiger partial charge in [0.25, 0.3) is 10.0 Å². The highest BCUT2D eigenvalue weighted by atomic mass is 32.2. The van der Waals surface area contributed by atoms with E-state index in [4.69, 9.17) is 0 Å². The number of rotatable bonds is 10. The fraction of sp³-hybridized carbons (Fsp3) is 0.355. The summed E-state index contributed by atoms with van der Waals surface area (Å²) in [6, 6.07) is 18.4. The van der Waals surface area contributed by atoms with Crippen LogP contribution in [0.1, 0.15) is 49.3 Å². The van der Waals surface area contributed by atoms with Gasteiger partial charge in [-0.15, -0.1) is 0 Å². The summed E-state index contributed by atoms with van der Waals surface area (Å²) >= 11 is 0. The number of aryl methyl sites for hydroxylation is 2. The van der Waals surface area contributed by atoms with Crippen molar-refractivity contribution < 1.29 is 22.4 Å². The normalized spacial score (nSPS) is 14.5. The highest BCUT2D eigenvalue weighted by Gasteiger charge is 2.34. The molecule has 4 rings (SSSR count). The van der Waals surface area contributed by atoms with Crippen molar-refractivity contribution in [2.24, 2.45) is 0 Å². The highest BCUT2D eigenvalue weighted by molar-refractivity contribution is 7.92. The van der Waals surface area contributed by atoms with Gasteiger partial charge in [-0.05, 0) is 63.4 Å². The zero-order chi connectivity index (χ0) is 28.9. The minimum absolute atomic E-state index is 0.0584. The third-order valence-electron chi connectivity index (χ3n) is 7.35. The Labute approximate surface area is 236 Å². The van der Waals surface area contributed by atoms with Crippen LogP contribution in [0.25, 0.3) is 0 Å². The Morgan fingerprint density at radius 3 is 2.10 bits per heavy atom. The van der Waals surface area contributed by atoms with Gasteiger partial charge in [0.15, 0.2) is 0 Å². The number of hydrogen-bond donors (Lipinski definition) is 1. The molecule has 3 aromatic rings. The molecule has 1 atom stereocenters. The van der Waals surface area contributed by atoms with Gasteiger partial charge in [-0.25, -0.2) is 12.8 Å². The summed E-state index contributed by atoms with van der Waals surface area (Å²) in [4.78, 5) is 28.5. The van der Waals surface area contributed by atoms with E-state index in [9.17, 15) is 18.0 Å². The van der Waals surface area contributed by atoms with Gasteiger partial charge in [0, 0.05) is 12.6 Å². The predicted octanol–water partition coefficient (Wildman–Crippen LogP) is 5.11. The topological polar surface area (TPSA) is 86.8 Å². The highest BCUT2D eigenvalue weighted by Crippen LogP contribution is 2.27. The molecular weight excluding hydrogens is 529 g/mol. The first kappa shape index (κ1) is 29.3. The van der Waals surface area contributed by atoms with Crippen LogP contribution in [0.3, 0.4) is 0 Å². The summed E-state index contributed by atoms with van der Waals surface area (Å²) in [5, 5.41) is 3.04. The van der Waals surface area contributed by atoms with Gasteiger partial charge in [-0.1, -0.05) is 72.5 Å². The maximum absolute atomic E-state index is 15.0. The van der Waals surface area contributed by atoms with Crippen molar-refractivity contribution in [1.29, 1.82) is 0 Å². The second kappa shape index (κ2) is 12.6. The van der Waals surface area contributed by atoms with E-state index in [1.807, 2.05) is 38.1 Å². The van der Waals surface area contributed by atoms with Crippen molar-refractivity contribution in [3.8, 4) is 0 Å². The molecule has 1 saturated carbocycles. The van der Waals surface area contributed by atoms with E-state index in [2.05, 4.69) is 5.32 Å². The van der Waals surface area contributed by atoms with E-state index in [0.29, 0.717) is 0 Å². The summed E-state index contributed by atoms with van der Waals surface area (Å²) < 4.78 is 43.4. The van der Waals surface area contributed by atoms with Crippen LogP contribution in [-0.4, -0.2) is 43.8 Å². The molecule has 2 amide bonds. The molecule has 0 aromatic heterocycles. The van der Waals surface area contributed by atoms with Crippen molar-refractivity contribution in [2.45, 2.75) is 70.0 Å². The Hall–Kier alpha value is -3.72. The monoisotopic (exact) mass is 565 g/mol. The van der Waals surface area contributed by atoms with Gasteiger partial charge in [-0.2, -0.15) is 0 Å². The van der Waals surface area contributed by atoms with E-state index in [1.54, 1.807) is 19.1 Å². The van der Waals surface area contributed by atoms with Crippen LogP contribution in [0.5, 0.6) is 0 Å². The van der Waals surface area contributed by atoms with Crippen molar-refractivity contribution in [3.63, 3.8) is 0 Å². The van der Waals surface area contributed by atoms with Crippen LogP contribution in [0.2, 0.25) is 0 Å². The molecule has 0 saturated heterocycles. The SMILES string of the molecule is Cc1ccc(CN(C(=O)CN(c2ccccc2F)S(=O)(=O)c2ccc(C)cc2)[C@H](C)C(=O)NC2CCCC2)cc1. The van der Waals surface area contributed by atoms with Crippen LogP contribution < -0.4 is 9.62 Å². The van der Waals surface area contributed by atoms with Crippen molar-refractivity contribution in [3.05, 3.63) is 95.3 Å². The quantitative estimate of drug-likeness (QED) is 0.370. The van der Waals surface area contributed by atoms with Gasteiger partial charge >= 0.3 is 0 Å². The van der Waals surface area contributed by atoms with Gasteiger partial charge in [0.1, 0.15) is 18.4 Å². The molecule has 9 heteroatoms. The molecule has 0 aliphatic heterocycles. The molecule has 1 N–H and O–H groups in total. The number of para-hydroxylation sites is 1. The maximum atomic E-state index is 15.0. The van der Waals surface area contributed by atoms with Crippen LogP contribution >= 0.6 is 0 Å². The Balaban J connectivity index is 1.69. The third kappa shape index (κ3) is 6.88. The van der Waals surface area contributed by atoms with Gasteiger partial charge < -0.3 is 10.2 Å². The Kier molecular flexibility index (Phi) is 9.25. The molecular formula is C31H36FN3O4S. The van der Waals surface area contributed by atoms with E-state index in [1.165, 1.54) is 35.2 Å². The molecule has 0 spiro atoms. The molecule has 7 nitrogen and oxygen atoms in total. The van der Waals surface area contributed by atoms with E-state index >= 15 is 4.39 Å². The standard InChI is InChI=1S/C31H36FN3O4S/c1-22-12-16-25(17-13-22)20-34(24(3)31(37)33-26-8-4-5-9-26)30(36)21-35(29-11-7-6-10-28(29)32)40(38,39)27-18-14-23(2)15-19-27/h6-7,10-19,24,26H,4-5,8-9,20-21H2,1-3H3,(H,33,37)/t24-/m1/s1. The fourth-order valence-corrected chi connectivity index (χ4v) is 6.29. The fourth-order valence-electron chi connectivity index (χ4n) is 4.87. The number of amides is 2. The van der Waals surface area contributed by atoms with Gasteiger partial charge in [0.2, 0.25) is 11.8 Å². The first-order chi connectivity index (χ1) is 19.1. The summed E-state index contributed by atoms with van der Waals surface area (Å²) in [7, 11) is -4.32. The average molecular weight is 566 g/mol. The van der Waals surface area contributed by atoms with E-state index < -0.39 is 34.3 Å². The summed E-state index contributed by atoms with van der Waals surface area (Å²) in [5.41, 5.74) is 2.45. The van der Waals surface area contributed by atoms with Gasteiger partial charge in [-0.3, -0.25) is 13.9 Å². The van der Waals surface area contributed by atoms with Crippen LogP contribution in [-0.2, 0) is 26.2 Å². The van der Waals surface area contributed by atoms with E-state index in [0.717, 1.165) is 52.7 Å². The molecule has 1 aliphatic rings. The number of anilines is 1. The lowest BCUT2D eigenvalue weighted by molar-refractivity contribution is -0.139. The smallest absolute Gasteiger partial charge is 0.264 e. The zero-order valence-corrected chi connectivity index (χ0v) is 24.0. The van der Waals surface area contributed by atoms with Gasteiger partial charge in [0.05, 0.1) is 10.6 Å². The number of carbonyl (C=O) groups excluding carboxylic acids is 2. The molecule has 0 bridgehead atoms.